The first-order valence-corrected chi connectivity index (χ1v) is 12.8. The van der Waals surface area contributed by atoms with E-state index >= 15 is 0 Å². The van der Waals surface area contributed by atoms with Crippen molar-refractivity contribution in [2.45, 2.75) is 18.9 Å². The minimum absolute atomic E-state index is 0.0287. The van der Waals surface area contributed by atoms with E-state index in [0.717, 1.165) is 39.9 Å². The molecule has 0 saturated heterocycles. The van der Waals surface area contributed by atoms with Crippen LogP contribution in [0.15, 0.2) is 112 Å². The van der Waals surface area contributed by atoms with Gasteiger partial charge in [-0.05, 0) is 52.0 Å². The van der Waals surface area contributed by atoms with E-state index < -0.39 is 0 Å². The van der Waals surface area contributed by atoms with Crippen LogP contribution in [-0.2, 0) is 6.42 Å². The van der Waals surface area contributed by atoms with Crippen LogP contribution < -0.4 is 14.9 Å². The number of rotatable bonds is 2. The van der Waals surface area contributed by atoms with Crippen molar-refractivity contribution in [3.05, 3.63) is 145 Å². The number of benzene rings is 4. The average molecular weight is 471 g/mol. The van der Waals surface area contributed by atoms with Gasteiger partial charge in [-0.2, -0.15) is 0 Å². The summed E-state index contributed by atoms with van der Waals surface area (Å²) in [7, 11) is 0. The molecule has 35 heavy (non-hydrogen) atoms. The van der Waals surface area contributed by atoms with Crippen LogP contribution in [0.25, 0.3) is 22.5 Å². The molecule has 0 fully saturated rings. The minimum atomic E-state index is -0.134. The van der Waals surface area contributed by atoms with Gasteiger partial charge in [0.2, 0.25) is 0 Å². The van der Waals surface area contributed by atoms with Gasteiger partial charge in [-0.1, -0.05) is 108 Å². The molecule has 0 bridgehead atoms. The minimum Gasteiger partial charge on any atom is -0.272 e. The summed E-state index contributed by atoms with van der Waals surface area (Å²) in [6.07, 6.45) is 3.90. The maximum Gasteiger partial charge on any atom is 0.271 e. The summed E-state index contributed by atoms with van der Waals surface area (Å²) in [5.41, 5.74) is 7.02. The molecule has 2 heterocycles. The molecule has 1 aliphatic carbocycles. The lowest BCUT2D eigenvalue weighted by Gasteiger charge is -2.30. The number of nitrogens with zero attached hydrogens (tertiary/aromatic N) is 2. The fraction of sp³-hybridized carbons (Fsp3) is 0.0968. The van der Waals surface area contributed by atoms with Crippen molar-refractivity contribution in [3.63, 3.8) is 0 Å². The Hall–Kier alpha value is -4.02. The Bertz CT molecular complexity index is 1820. The average Bonchev–Trinajstić information content (AvgIpc) is 3.22. The molecule has 7 rings (SSSR count). The summed E-state index contributed by atoms with van der Waals surface area (Å²) >= 11 is 1.49. The molecular weight excluding hydrogens is 448 g/mol. The molecule has 0 spiro atoms. The van der Waals surface area contributed by atoms with Gasteiger partial charge in [0.25, 0.3) is 5.56 Å². The fourth-order valence-corrected chi connectivity index (χ4v) is 6.47. The summed E-state index contributed by atoms with van der Waals surface area (Å²) in [4.78, 5) is 19.8. The first-order valence-electron chi connectivity index (χ1n) is 11.9. The van der Waals surface area contributed by atoms with E-state index in [0.29, 0.717) is 4.53 Å². The lowest BCUT2D eigenvalue weighted by Crippen LogP contribution is -2.38. The van der Waals surface area contributed by atoms with E-state index in [2.05, 4.69) is 72.8 Å². The third-order valence-electron chi connectivity index (χ3n) is 7.10. The molecule has 0 amide bonds. The Morgan fingerprint density at radius 1 is 0.829 bits per heavy atom. The lowest BCUT2D eigenvalue weighted by atomic mass is 9.83. The van der Waals surface area contributed by atoms with Gasteiger partial charge >= 0.3 is 0 Å². The van der Waals surface area contributed by atoms with Crippen molar-refractivity contribution in [1.29, 1.82) is 0 Å². The number of fused-ring (bicyclic) bond motifs is 4. The third kappa shape index (κ3) is 3.25. The van der Waals surface area contributed by atoms with Gasteiger partial charge in [0.15, 0.2) is 4.80 Å². The van der Waals surface area contributed by atoms with Gasteiger partial charge < -0.3 is 0 Å². The Morgan fingerprint density at radius 2 is 1.60 bits per heavy atom. The van der Waals surface area contributed by atoms with Crippen LogP contribution in [0.5, 0.6) is 0 Å². The molecule has 0 radical (unpaired) electrons. The molecule has 0 N–H and O–H groups in total. The normalized spacial score (nSPS) is 17.0. The first kappa shape index (κ1) is 20.4. The van der Waals surface area contributed by atoms with E-state index in [-0.39, 0.29) is 11.6 Å². The molecule has 3 nitrogen and oxygen atoms in total. The van der Waals surface area contributed by atoms with Crippen molar-refractivity contribution in [2.75, 3.05) is 0 Å². The van der Waals surface area contributed by atoms with Crippen LogP contribution in [0, 0.1) is 0 Å². The largest absolute Gasteiger partial charge is 0.272 e. The standard InChI is InChI=1S/C31H22N2OS/c34-30-27(19-23-14-8-13-20-9-4-6-15-24(20)23)35-31-32-28-25-16-7-5-10-21(25)17-18-26(28)29(33(30)31)22-11-2-1-3-12-22/h1-16,19,29H,17-18H2/b27-19+/t29-/m1/s1. The molecule has 0 unspecified atom stereocenters. The van der Waals surface area contributed by atoms with E-state index in [1.807, 2.05) is 34.9 Å². The van der Waals surface area contributed by atoms with Crippen molar-refractivity contribution in [1.82, 2.24) is 4.57 Å². The van der Waals surface area contributed by atoms with E-state index in [1.165, 1.54) is 33.4 Å². The molecule has 5 aromatic rings. The van der Waals surface area contributed by atoms with Crippen LogP contribution in [0.3, 0.4) is 0 Å². The highest BCUT2D eigenvalue weighted by atomic mass is 32.1. The number of allylic oxidation sites excluding steroid dienone is 1. The molecular formula is C31H22N2OS. The summed E-state index contributed by atoms with van der Waals surface area (Å²) in [5, 5.41) is 2.32. The molecule has 4 aromatic carbocycles. The zero-order valence-corrected chi connectivity index (χ0v) is 19.8. The zero-order chi connectivity index (χ0) is 23.4. The SMILES string of the molecule is O=c1/c(=C\c2cccc3ccccc23)sc2n1[C@H](c1ccccc1)C1=C(N=2)c2ccccc2CC1. The first-order chi connectivity index (χ1) is 17.3. The molecule has 4 heteroatoms. The van der Waals surface area contributed by atoms with Gasteiger partial charge in [-0.15, -0.1) is 0 Å². The van der Waals surface area contributed by atoms with Crippen LogP contribution in [-0.4, -0.2) is 4.57 Å². The fourth-order valence-electron chi connectivity index (χ4n) is 5.48. The van der Waals surface area contributed by atoms with E-state index in [4.69, 9.17) is 4.99 Å². The molecule has 1 aliphatic heterocycles. The van der Waals surface area contributed by atoms with E-state index in [1.54, 1.807) is 0 Å². The topological polar surface area (TPSA) is 34.4 Å². The second-order valence-corrected chi connectivity index (χ2v) is 10.1. The van der Waals surface area contributed by atoms with E-state index in [9.17, 15) is 4.79 Å². The second kappa shape index (κ2) is 8.03. The number of aromatic nitrogens is 1. The van der Waals surface area contributed by atoms with Crippen molar-refractivity contribution in [2.24, 2.45) is 4.99 Å². The quantitative estimate of drug-likeness (QED) is 0.337. The van der Waals surface area contributed by atoms with Gasteiger partial charge in [0.05, 0.1) is 16.3 Å². The molecule has 1 atom stereocenters. The second-order valence-electron chi connectivity index (χ2n) is 9.09. The van der Waals surface area contributed by atoms with Crippen LogP contribution in [0.1, 0.15) is 34.7 Å². The third-order valence-corrected chi connectivity index (χ3v) is 8.08. The lowest BCUT2D eigenvalue weighted by molar-refractivity contribution is 0.585. The molecule has 168 valence electrons. The van der Waals surface area contributed by atoms with Crippen molar-refractivity contribution in [3.8, 4) is 0 Å². The van der Waals surface area contributed by atoms with Gasteiger partial charge in [0.1, 0.15) is 0 Å². The van der Waals surface area contributed by atoms with Crippen molar-refractivity contribution < 1.29 is 0 Å². The number of aryl methyl sites for hydroxylation is 1. The predicted octanol–water partition coefficient (Wildman–Crippen LogP) is 5.47. The maximum absolute atomic E-state index is 13.9. The van der Waals surface area contributed by atoms with Crippen molar-refractivity contribution >= 4 is 33.9 Å². The number of thiazole rings is 1. The Morgan fingerprint density at radius 3 is 2.51 bits per heavy atom. The van der Waals surface area contributed by atoms with Gasteiger partial charge in [-0.3, -0.25) is 9.36 Å². The summed E-state index contributed by atoms with van der Waals surface area (Å²) in [6, 6.07) is 33.3. The zero-order valence-electron chi connectivity index (χ0n) is 19.0. The Balaban J connectivity index is 1.51. The summed E-state index contributed by atoms with van der Waals surface area (Å²) < 4.78 is 2.64. The summed E-state index contributed by atoms with van der Waals surface area (Å²) in [6.45, 7) is 0. The maximum atomic E-state index is 13.9. The van der Waals surface area contributed by atoms with Crippen LogP contribution in [0.2, 0.25) is 0 Å². The monoisotopic (exact) mass is 470 g/mol. The Labute approximate surface area is 206 Å². The van der Waals surface area contributed by atoms with Crippen LogP contribution >= 0.6 is 11.3 Å². The highest BCUT2D eigenvalue weighted by Gasteiger charge is 2.32. The van der Waals surface area contributed by atoms with Crippen LogP contribution in [0.4, 0.5) is 0 Å². The number of hydrogen-bond acceptors (Lipinski definition) is 3. The molecule has 2 aliphatic rings. The Kier molecular flexibility index (Phi) is 4.67. The van der Waals surface area contributed by atoms with Gasteiger partial charge in [0, 0.05) is 5.56 Å². The predicted molar refractivity (Wildman–Crippen MR) is 143 cm³/mol. The molecule has 1 aromatic heterocycles. The number of hydrogen-bond donors (Lipinski definition) is 0. The molecule has 0 saturated carbocycles. The smallest absolute Gasteiger partial charge is 0.271 e. The highest BCUT2D eigenvalue weighted by molar-refractivity contribution is 7.07. The van der Waals surface area contributed by atoms with Gasteiger partial charge in [-0.25, -0.2) is 4.99 Å². The summed E-state index contributed by atoms with van der Waals surface area (Å²) in [5.74, 6) is 0. The highest BCUT2D eigenvalue weighted by Crippen LogP contribution is 2.41.